The summed E-state index contributed by atoms with van der Waals surface area (Å²) in [5, 5.41) is 0. The van der Waals surface area contributed by atoms with Gasteiger partial charge in [-0.25, -0.2) is 9.59 Å². The summed E-state index contributed by atoms with van der Waals surface area (Å²) in [6.45, 7) is 0. The van der Waals surface area contributed by atoms with Crippen molar-refractivity contribution in [1.82, 2.24) is 9.80 Å². The predicted molar refractivity (Wildman–Crippen MR) is 240 cm³/mol. The van der Waals surface area contributed by atoms with Crippen LogP contribution in [0.2, 0.25) is 0 Å². The van der Waals surface area contributed by atoms with Crippen LogP contribution < -0.4 is 0 Å². The lowest BCUT2D eigenvalue weighted by molar-refractivity contribution is -0.0349. The van der Waals surface area contributed by atoms with E-state index >= 15 is 0 Å². The van der Waals surface area contributed by atoms with E-state index in [1.165, 1.54) is 128 Å². The number of carbonyl (C=O) groups excluding carboxylic acids is 2. The average molecular weight is 923 g/mol. The minimum atomic E-state index is -0.166. The fraction of sp³-hybridized carbons (Fsp3) is 0.720. The molecular formula is C50H70Br2N2O4. The Labute approximate surface area is 366 Å². The minimum absolute atomic E-state index is 0.0207. The second kappa shape index (κ2) is 20.9. The van der Waals surface area contributed by atoms with Gasteiger partial charge in [0.05, 0.1) is 11.1 Å². The molecule has 6 fully saturated rings. The van der Waals surface area contributed by atoms with Gasteiger partial charge in [0.2, 0.25) is 0 Å². The summed E-state index contributed by atoms with van der Waals surface area (Å²) < 4.78 is 14.4. The third-order valence-electron chi connectivity index (χ3n) is 15.7. The van der Waals surface area contributed by atoms with Gasteiger partial charge in [-0.05, 0) is 189 Å². The van der Waals surface area contributed by atoms with E-state index in [9.17, 15) is 9.59 Å². The fourth-order valence-electron chi connectivity index (χ4n) is 12.9. The van der Waals surface area contributed by atoms with Crippen LogP contribution in [0.3, 0.4) is 0 Å². The first-order valence-electron chi connectivity index (χ1n) is 23.9. The van der Waals surface area contributed by atoms with E-state index in [0.717, 1.165) is 59.3 Å². The maximum Gasteiger partial charge on any atom is 0.338 e. The third kappa shape index (κ3) is 11.0. The lowest BCUT2D eigenvalue weighted by Crippen LogP contribution is -2.54. The lowest BCUT2D eigenvalue weighted by Gasteiger charge is -2.51. The van der Waals surface area contributed by atoms with E-state index < -0.39 is 0 Å². The Bertz CT molecular complexity index is 1470. The number of hydrogen-bond donors (Lipinski definition) is 0. The molecule has 0 N–H and O–H groups in total. The van der Waals surface area contributed by atoms with Crippen LogP contribution in [0.1, 0.15) is 188 Å². The number of benzene rings is 2. The monoisotopic (exact) mass is 920 g/mol. The van der Waals surface area contributed by atoms with Gasteiger partial charge in [0.15, 0.2) is 0 Å². The molecule has 0 radical (unpaired) electrons. The number of nitrogens with zero attached hydrogens (tertiary/aromatic N) is 2. The molecule has 6 saturated carbocycles. The molecule has 8 heteroatoms. The molecule has 0 amide bonds. The summed E-state index contributed by atoms with van der Waals surface area (Å²) in [5.74, 6) is 1.41. The molecule has 0 spiro atoms. The number of rotatable bonds is 11. The highest BCUT2D eigenvalue weighted by atomic mass is 79.9. The quantitative estimate of drug-likeness (QED) is 0.209. The second-order valence-electron chi connectivity index (χ2n) is 19.3. The highest BCUT2D eigenvalue weighted by Gasteiger charge is 2.42. The molecule has 2 aromatic carbocycles. The van der Waals surface area contributed by atoms with E-state index in [0.29, 0.717) is 47.4 Å². The van der Waals surface area contributed by atoms with Crippen molar-refractivity contribution < 1.29 is 19.1 Å². The Morgan fingerprint density at radius 1 is 0.397 bits per heavy atom. The standard InChI is InChI=1S/C50H70Br2N2O4/c51-39-25-17-37(18-26-39)49(55)57-47-15-7-13-45(33-47)53(41-9-3-1-4-10-41)43-29-21-35(22-30-43)36-23-31-44(32-24-36)54(42-11-5-2-6-12-42)46-14-8-16-48(34-46)58-50(56)38-19-27-40(52)28-20-38/h17-20,25-28,35-36,41-48H,1-16,21-24,29-34H2. The molecular weight excluding hydrogens is 852 g/mol. The maximum absolute atomic E-state index is 13.1. The summed E-state index contributed by atoms with van der Waals surface area (Å²) in [5.41, 5.74) is 1.31. The van der Waals surface area contributed by atoms with Crippen LogP contribution in [-0.2, 0) is 9.47 Å². The minimum Gasteiger partial charge on any atom is -0.459 e. The van der Waals surface area contributed by atoms with E-state index in [4.69, 9.17) is 9.47 Å². The van der Waals surface area contributed by atoms with E-state index in [2.05, 4.69) is 41.7 Å². The smallest absolute Gasteiger partial charge is 0.338 e. The van der Waals surface area contributed by atoms with Gasteiger partial charge >= 0.3 is 11.9 Å². The molecule has 8 rings (SSSR count). The van der Waals surface area contributed by atoms with Crippen molar-refractivity contribution in [1.29, 1.82) is 0 Å². The number of hydrogen-bond acceptors (Lipinski definition) is 6. The number of ether oxygens (including phenoxy) is 2. The van der Waals surface area contributed by atoms with E-state index in [1.807, 2.05) is 48.5 Å². The highest BCUT2D eigenvalue weighted by Crippen LogP contribution is 2.45. The maximum atomic E-state index is 13.1. The van der Waals surface area contributed by atoms with Crippen molar-refractivity contribution in [3.05, 3.63) is 68.6 Å². The highest BCUT2D eigenvalue weighted by molar-refractivity contribution is 9.10. The van der Waals surface area contributed by atoms with Gasteiger partial charge in [0, 0.05) is 45.2 Å². The van der Waals surface area contributed by atoms with Gasteiger partial charge in [0.1, 0.15) is 12.2 Å². The van der Waals surface area contributed by atoms with Crippen LogP contribution in [-0.4, -0.2) is 70.2 Å². The summed E-state index contributed by atoms with van der Waals surface area (Å²) in [6, 6.07) is 19.0. The zero-order valence-corrected chi connectivity index (χ0v) is 38.2. The number of halogens is 2. The molecule has 4 unspecified atom stereocenters. The first-order chi connectivity index (χ1) is 28.4. The van der Waals surface area contributed by atoms with Crippen molar-refractivity contribution in [2.75, 3.05) is 0 Å². The third-order valence-corrected chi connectivity index (χ3v) is 16.8. The largest absolute Gasteiger partial charge is 0.459 e. The van der Waals surface area contributed by atoms with Gasteiger partial charge in [-0.15, -0.1) is 0 Å². The summed E-state index contributed by atoms with van der Waals surface area (Å²) >= 11 is 6.99. The molecule has 6 aliphatic rings. The van der Waals surface area contributed by atoms with Crippen molar-refractivity contribution in [3.63, 3.8) is 0 Å². The topological polar surface area (TPSA) is 59.1 Å². The van der Waals surface area contributed by atoms with Crippen LogP contribution in [0.25, 0.3) is 0 Å². The zero-order chi connectivity index (χ0) is 39.8. The fourth-order valence-corrected chi connectivity index (χ4v) is 13.4. The predicted octanol–water partition coefficient (Wildman–Crippen LogP) is 13.2. The molecule has 2 aromatic rings. The average Bonchev–Trinajstić information content (AvgIpc) is 3.26. The van der Waals surface area contributed by atoms with Crippen LogP contribution in [0.5, 0.6) is 0 Å². The molecule has 58 heavy (non-hydrogen) atoms. The number of esters is 2. The molecule has 0 aromatic heterocycles. The van der Waals surface area contributed by atoms with Crippen molar-refractivity contribution in [2.45, 2.75) is 215 Å². The summed E-state index contributed by atoms with van der Waals surface area (Å²) in [4.78, 5) is 32.3. The van der Waals surface area contributed by atoms with Gasteiger partial charge in [-0.2, -0.15) is 0 Å². The van der Waals surface area contributed by atoms with Gasteiger partial charge in [-0.3, -0.25) is 9.80 Å². The Balaban J connectivity index is 0.861. The van der Waals surface area contributed by atoms with Gasteiger partial charge in [0.25, 0.3) is 0 Å². The SMILES string of the molecule is O=C(OC1CCCC(N(C2CCCCC2)C2CCC(C3CCC(N(C4CCCCC4)C4CCCC(OC(=O)c5ccc(Br)cc5)C4)CC3)CC2)C1)c1ccc(Br)cc1. The lowest BCUT2D eigenvalue weighted by atomic mass is 9.70. The zero-order valence-electron chi connectivity index (χ0n) is 35.1. The Morgan fingerprint density at radius 2 is 0.724 bits per heavy atom. The Hall–Kier alpha value is -1.74. The van der Waals surface area contributed by atoms with Gasteiger partial charge < -0.3 is 9.47 Å². The Kier molecular flexibility index (Phi) is 15.5. The van der Waals surface area contributed by atoms with Crippen LogP contribution in [0, 0.1) is 11.8 Å². The molecule has 6 aliphatic carbocycles. The van der Waals surface area contributed by atoms with Crippen molar-refractivity contribution >= 4 is 43.8 Å². The first kappa shape index (κ1) is 42.9. The molecule has 318 valence electrons. The summed E-state index contributed by atoms with van der Waals surface area (Å²) in [6.07, 6.45) is 33.4. The van der Waals surface area contributed by atoms with Crippen molar-refractivity contribution in [2.24, 2.45) is 11.8 Å². The van der Waals surface area contributed by atoms with Crippen molar-refractivity contribution in [3.8, 4) is 0 Å². The van der Waals surface area contributed by atoms with E-state index in [1.54, 1.807) is 0 Å². The first-order valence-corrected chi connectivity index (χ1v) is 25.4. The molecule has 0 heterocycles. The molecule has 0 aliphatic heterocycles. The summed E-state index contributed by atoms with van der Waals surface area (Å²) in [7, 11) is 0. The van der Waals surface area contributed by atoms with Crippen LogP contribution >= 0.6 is 31.9 Å². The molecule has 6 nitrogen and oxygen atoms in total. The second-order valence-corrected chi connectivity index (χ2v) is 21.2. The molecule has 0 saturated heterocycles. The van der Waals surface area contributed by atoms with Crippen LogP contribution in [0.15, 0.2) is 57.5 Å². The number of carbonyl (C=O) groups is 2. The van der Waals surface area contributed by atoms with Crippen LogP contribution in [0.4, 0.5) is 0 Å². The molecule has 0 bridgehead atoms. The van der Waals surface area contributed by atoms with E-state index in [-0.39, 0.29) is 24.1 Å². The Morgan fingerprint density at radius 3 is 1.09 bits per heavy atom. The molecule has 4 atom stereocenters. The van der Waals surface area contributed by atoms with Gasteiger partial charge in [-0.1, -0.05) is 70.4 Å². The normalized spacial score (nSPS) is 31.9.